The number of carbonyl (C=O) groups is 1. The number of rotatable bonds is 10. The van der Waals surface area contributed by atoms with Gasteiger partial charge in [-0.1, -0.05) is 0 Å². The molecule has 0 radical (unpaired) electrons. The third kappa shape index (κ3) is 5.46. The molecule has 9 nitrogen and oxygen atoms in total. The van der Waals surface area contributed by atoms with Crippen molar-refractivity contribution in [1.82, 2.24) is 9.97 Å². The maximum Gasteiger partial charge on any atom is 0.274 e. The summed E-state index contributed by atoms with van der Waals surface area (Å²) in [5.41, 5.74) is 1.42. The van der Waals surface area contributed by atoms with Gasteiger partial charge in [-0.2, -0.15) is 0 Å². The zero-order chi connectivity index (χ0) is 20.5. The van der Waals surface area contributed by atoms with E-state index in [-0.39, 0.29) is 11.6 Å². The van der Waals surface area contributed by atoms with E-state index in [1.807, 2.05) is 0 Å². The summed E-state index contributed by atoms with van der Waals surface area (Å²) >= 11 is 0. The van der Waals surface area contributed by atoms with Gasteiger partial charge in [0.25, 0.3) is 5.91 Å². The van der Waals surface area contributed by atoms with Gasteiger partial charge in [0.2, 0.25) is 11.7 Å². The van der Waals surface area contributed by atoms with E-state index < -0.39 is 0 Å². The lowest BCUT2D eigenvalue weighted by Crippen LogP contribution is -2.17. The molecule has 0 atom stereocenters. The van der Waals surface area contributed by atoms with Gasteiger partial charge in [-0.15, -0.1) is 0 Å². The Balaban J connectivity index is 2.19. The number of aromatic nitrogens is 2. The van der Waals surface area contributed by atoms with E-state index in [0.29, 0.717) is 47.7 Å². The second kappa shape index (κ2) is 10.3. The van der Waals surface area contributed by atoms with Crippen LogP contribution in [0.1, 0.15) is 22.6 Å². The highest BCUT2D eigenvalue weighted by Gasteiger charge is 2.16. The van der Waals surface area contributed by atoms with Crippen LogP contribution in [-0.2, 0) is 4.74 Å². The van der Waals surface area contributed by atoms with E-state index in [9.17, 15) is 4.79 Å². The molecule has 152 valence electrons. The molecule has 0 saturated carbocycles. The maximum atomic E-state index is 12.7. The average molecular weight is 390 g/mol. The highest BCUT2D eigenvalue weighted by molar-refractivity contribution is 6.03. The van der Waals surface area contributed by atoms with Crippen molar-refractivity contribution in [2.75, 3.05) is 52.2 Å². The van der Waals surface area contributed by atoms with Crippen LogP contribution in [0, 0.1) is 6.92 Å². The van der Waals surface area contributed by atoms with Crippen LogP contribution in [0.25, 0.3) is 0 Å². The van der Waals surface area contributed by atoms with Gasteiger partial charge in [-0.05, 0) is 19.4 Å². The summed E-state index contributed by atoms with van der Waals surface area (Å²) in [6, 6.07) is 4.92. The lowest BCUT2D eigenvalue weighted by molar-refractivity contribution is 0.102. The summed E-state index contributed by atoms with van der Waals surface area (Å²) in [6.07, 6.45) is 0.806. The fourth-order valence-electron chi connectivity index (χ4n) is 2.53. The summed E-state index contributed by atoms with van der Waals surface area (Å²) in [5, 5.41) is 5.89. The smallest absolute Gasteiger partial charge is 0.274 e. The first-order chi connectivity index (χ1) is 13.5. The van der Waals surface area contributed by atoms with E-state index in [1.54, 1.807) is 32.2 Å². The van der Waals surface area contributed by atoms with E-state index in [2.05, 4.69) is 20.6 Å². The Labute approximate surface area is 164 Å². The normalized spacial score (nSPS) is 10.3. The molecule has 2 aromatic rings. The second-order valence-corrected chi connectivity index (χ2v) is 5.86. The Kier molecular flexibility index (Phi) is 7.82. The van der Waals surface area contributed by atoms with Gasteiger partial charge in [0.1, 0.15) is 5.69 Å². The summed E-state index contributed by atoms with van der Waals surface area (Å²) in [6.45, 7) is 3.08. The summed E-state index contributed by atoms with van der Waals surface area (Å²) in [4.78, 5) is 21.3. The Morgan fingerprint density at radius 3 is 2.25 bits per heavy atom. The van der Waals surface area contributed by atoms with Gasteiger partial charge < -0.3 is 29.6 Å². The number of benzene rings is 1. The zero-order valence-electron chi connectivity index (χ0n) is 16.8. The molecule has 1 amide bonds. The van der Waals surface area contributed by atoms with Gasteiger partial charge in [-0.25, -0.2) is 9.97 Å². The third-order valence-corrected chi connectivity index (χ3v) is 3.82. The van der Waals surface area contributed by atoms with Crippen LogP contribution in [0.3, 0.4) is 0 Å². The molecule has 0 aliphatic heterocycles. The Hall–Kier alpha value is -3.07. The minimum atomic E-state index is -0.375. The molecule has 2 N–H and O–H groups in total. The number of anilines is 2. The van der Waals surface area contributed by atoms with Crippen LogP contribution in [0.15, 0.2) is 18.2 Å². The highest BCUT2D eigenvalue weighted by Crippen LogP contribution is 2.40. The van der Waals surface area contributed by atoms with Crippen molar-refractivity contribution >= 4 is 17.5 Å². The molecular formula is C19H26N4O5. The SMILES string of the molecule is COCCCNc1nc(C)cc(C(=O)Nc2cc(OC)c(OC)c(OC)c2)n1. The first-order valence-corrected chi connectivity index (χ1v) is 8.72. The number of carbonyl (C=O) groups excluding carboxylic acids is 1. The van der Waals surface area contributed by atoms with E-state index >= 15 is 0 Å². The van der Waals surface area contributed by atoms with Crippen LogP contribution < -0.4 is 24.8 Å². The van der Waals surface area contributed by atoms with Crippen molar-refractivity contribution in [3.63, 3.8) is 0 Å². The third-order valence-electron chi connectivity index (χ3n) is 3.82. The molecule has 0 spiro atoms. The number of nitrogens with one attached hydrogen (secondary N) is 2. The number of amides is 1. The molecule has 2 rings (SSSR count). The van der Waals surface area contributed by atoms with Crippen molar-refractivity contribution in [3.05, 3.63) is 29.6 Å². The highest BCUT2D eigenvalue weighted by atomic mass is 16.5. The molecule has 0 fully saturated rings. The average Bonchev–Trinajstić information content (AvgIpc) is 2.69. The van der Waals surface area contributed by atoms with Gasteiger partial charge >= 0.3 is 0 Å². The van der Waals surface area contributed by atoms with E-state index in [0.717, 1.165) is 6.42 Å². The largest absolute Gasteiger partial charge is 0.493 e. The number of hydrogen-bond donors (Lipinski definition) is 2. The van der Waals surface area contributed by atoms with Crippen molar-refractivity contribution < 1.29 is 23.7 Å². The molecule has 28 heavy (non-hydrogen) atoms. The molecule has 1 aromatic heterocycles. The van der Waals surface area contributed by atoms with Crippen LogP contribution in [0.4, 0.5) is 11.6 Å². The fraction of sp³-hybridized carbons (Fsp3) is 0.421. The van der Waals surface area contributed by atoms with Crippen molar-refractivity contribution in [1.29, 1.82) is 0 Å². The predicted octanol–water partition coefficient (Wildman–Crippen LogP) is 2.51. The topological polar surface area (TPSA) is 104 Å². The summed E-state index contributed by atoms with van der Waals surface area (Å²) in [5.74, 6) is 1.35. The quantitative estimate of drug-likeness (QED) is 0.597. The number of methoxy groups -OCH3 is 4. The minimum absolute atomic E-state index is 0.246. The Morgan fingerprint density at radius 1 is 1.00 bits per heavy atom. The van der Waals surface area contributed by atoms with E-state index in [4.69, 9.17) is 18.9 Å². The molecule has 0 aliphatic carbocycles. The monoisotopic (exact) mass is 390 g/mol. The second-order valence-electron chi connectivity index (χ2n) is 5.86. The fourth-order valence-corrected chi connectivity index (χ4v) is 2.53. The first kappa shape index (κ1) is 21.2. The minimum Gasteiger partial charge on any atom is -0.493 e. The number of aryl methyl sites for hydroxylation is 1. The molecule has 0 unspecified atom stereocenters. The standard InChI is InChI=1S/C19H26N4O5/c1-12-9-14(23-19(21-12)20-7-6-8-25-2)18(24)22-13-10-15(26-3)17(28-5)16(11-13)27-4/h9-11H,6-8H2,1-5H3,(H,22,24)(H,20,21,23). The lowest BCUT2D eigenvalue weighted by Gasteiger charge is -2.14. The van der Waals surface area contributed by atoms with Gasteiger partial charge in [-0.3, -0.25) is 4.79 Å². The molecule has 9 heteroatoms. The summed E-state index contributed by atoms with van der Waals surface area (Å²) < 4.78 is 20.9. The zero-order valence-corrected chi connectivity index (χ0v) is 16.8. The van der Waals surface area contributed by atoms with Crippen LogP contribution in [0.2, 0.25) is 0 Å². The predicted molar refractivity (Wildman–Crippen MR) is 106 cm³/mol. The Morgan fingerprint density at radius 2 is 1.68 bits per heavy atom. The molecule has 0 saturated heterocycles. The molecule has 1 aromatic carbocycles. The lowest BCUT2D eigenvalue weighted by atomic mass is 10.2. The number of hydrogen-bond acceptors (Lipinski definition) is 8. The molecular weight excluding hydrogens is 364 g/mol. The first-order valence-electron chi connectivity index (χ1n) is 8.72. The van der Waals surface area contributed by atoms with E-state index in [1.165, 1.54) is 21.3 Å². The number of nitrogens with zero attached hydrogens (tertiary/aromatic N) is 2. The van der Waals surface area contributed by atoms with Crippen molar-refractivity contribution in [2.24, 2.45) is 0 Å². The van der Waals surface area contributed by atoms with Crippen LogP contribution in [-0.4, -0.2) is 57.5 Å². The molecule has 1 heterocycles. The van der Waals surface area contributed by atoms with Crippen molar-refractivity contribution in [3.8, 4) is 17.2 Å². The molecule has 0 bridgehead atoms. The molecule has 0 aliphatic rings. The summed E-state index contributed by atoms with van der Waals surface area (Å²) in [7, 11) is 6.19. The van der Waals surface area contributed by atoms with Gasteiger partial charge in [0.05, 0.1) is 21.3 Å². The van der Waals surface area contributed by atoms with Gasteiger partial charge in [0.15, 0.2) is 11.5 Å². The van der Waals surface area contributed by atoms with Crippen LogP contribution >= 0.6 is 0 Å². The Bertz CT molecular complexity index is 788. The van der Waals surface area contributed by atoms with Crippen LogP contribution in [0.5, 0.6) is 17.2 Å². The van der Waals surface area contributed by atoms with Crippen molar-refractivity contribution in [2.45, 2.75) is 13.3 Å². The number of ether oxygens (including phenoxy) is 4. The van der Waals surface area contributed by atoms with Gasteiger partial charge in [0, 0.05) is 43.8 Å². The maximum absolute atomic E-state index is 12.7.